The van der Waals surface area contributed by atoms with E-state index in [4.69, 9.17) is 9.47 Å². The number of ether oxygens (including phenoxy) is 2. The van der Waals surface area contributed by atoms with Gasteiger partial charge in [0.2, 0.25) is 5.91 Å². The Bertz CT molecular complexity index is 885. The summed E-state index contributed by atoms with van der Waals surface area (Å²) in [5.41, 5.74) is 2.70. The van der Waals surface area contributed by atoms with Gasteiger partial charge in [-0.05, 0) is 36.2 Å². The number of methoxy groups -OCH3 is 2. The van der Waals surface area contributed by atoms with Gasteiger partial charge < -0.3 is 19.7 Å². The highest BCUT2D eigenvalue weighted by molar-refractivity contribution is 5.95. The molecule has 31 heavy (non-hydrogen) atoms. The van der Waals surface area contributed by atoms with E-state index in [1.807, 2.05) is 48.2 Å². The molecule has 0 radical (unpaired) electrons. The number of nitrogens with zero attached hydrogens (tertiary/aromatic N) is 2. The number of hydrogen-bond donors (Lipinski definition) is 1. The van der Waals surface area contributed by atoms with Gasteiger partial charge in [-0.25, -0.2) is 0 Å². The smallest absolute Gasteiger partial charge is 0.251 e. The predicted octanol–water partition coefficient (Wildman–Crippen LogP) is 2.48. The molecule has 1 fully saturated rings. The van der Waals surface area contributed by atoms with Gasteiger partial charge in [-0.15, -0.1) is 0 Å². The van der Waals surface area contributed by atoms with Gasteiger partial charge in [0, 0.05) is 57.3 Å². The SMILES string of the molecule is COc1cc(CN2CCN(C(=O)CCNC(=O)c3ccccc3C)CC2)cc(OC)c1. The van der Waals surface area contributed by atoms with Crippen LogP contribution in [0.25, 0.3) is 0 Å². The van der Waals surface area contributed by atoms with Crippen molar-refractivity contribution in [2.24, 2.45) is 0 Å². The normalized spacial score (nSPS) is 14.2. The minimum Gasteiger partial charge on any atom is -0.497 e. The Labute approximate surface area is 183 Å². The topological polar surface area (TPSA) is 71.1 Å². The second-order valence-electron chi connectivity index (χ2n) is 7.70. The first kappa shape index (κ1) is 22.6. The van der Waals surface area contributed by atoms with Crippen molar-refractivity contribution in [1.82, 2.24) is 15.1 Å². The van der Waals surface area contributed by atoms with Crippen molar-refractivity contribution in [3.8, 4) is 11.5 Å². The summed E-state index contributed by atoms with van der Waals surface area (Å²) in [6.07, 6.45) is 0.310. The molecule has 1 saturated heterocycles. The summed E-state index contributed by atoms with van der Waals surface area (Å²) in [6, 6.07) is 13.3. The lowest BCUT2D eigenvalue weighted by Crippen LogP contribution is -2.48. The van der Waals surface area contributed by atoms with Crippen molar-refractivity contribution in [2.45, 2.75) is 19.9 Å². The van der Waals surface area contributed by atoms with E-state index in [9.17, 15) is 9.59 Å². The van der Waals surface area contributed by atoms with Gasteiger partial charge >= 0.3 is 0 Å². The summed E-state index contributed by atoms with van der Waals surface area (Å²) in [7, 11) is 3.29. The highest BCUT2D eigenvalue weighted by atomic mass is 16.5. The van der Waals surface area contributed by atoms with Crippen molar-refractivity contribution in [1.29, 1.82) is 0 Å². The highest BCUT2D eigenvalue weighted by Crippen LogP contribution is 2.23. The third-order valence-corrected chi connectivity index (χ3v) is 5.56. The lowest BCUT2D eigenvalue weighted by Gasteiger charge is -2.35. The fourth-order valence-electron chi connectivity index (χ4n) is 3.74. The first-order valence-corrected chi connectivity index (χ1v) is 10.6. The van der Waals surface area contributed by atoms with E-state index in [0.29, 0.717) is 31.6 Å². The number of rotatable bonds is 8. The molecule has 0 aromatic heterocycles. The van der Waals surface area contributed by atoms with E-state index in [0.717, 1.165) is 42.3 Å². The summed E-state index contributed by atoms with van der Waals surface area (Å²) in [5, 5.41) is 2.85. The molecule has 7 nitrogen and oxygen atoms in total. The Morgan fingerprint density at radius 2 is 1.61 bits per heavy atom. The van der Waals surface area contributed by atoms with Gasteiger partial charge in [0.25, 0.3) is 5.91 Å². The second kappa shape index (κ2) is 10.8. The maximum atomic E-state index is 12.5. The zero-order chi connectivity index (χ0) is 22.2. The van der Waals surface area contributed by atoms with Gasteiger partial charge in [-0.2, -0.15) is 0 Å². The van der Waals surface area contributed by atoms with Crippen LogP contribution in [-0.4, -0.2) is 68.6 Å². The van der Waals surface area contributed by atoms with Gasteiger partial charge in [-0.1, -0.05) is 18.2 Å². The summed E-state index contributed by atoms with van der Waals surface area (Å²) >= 11 is 0. The number of hydrogen-bond acceptors (Lipinski definition) is 5. The fourth-order valence-corrected chi connectivity index (χ4v) is 3.74. The van der Waals surface area contributed by atoms with Gasteiger partial charge in [0.1, 0.15) is 11.5 Å². The summed E-state index contributed by atoms with van der Waals surface area (Å²) in [6.45, 7) is 6.01. The van der Waals surface area contributed by atoms with Crippen molar-refractivity contribution >= 4 is 11.8 Å². The van der Waals surface area contributed by atoms with Crippen LogP contribution in [0.4, 0.5) is 0 Å². The molecule has 0 spiro atoms. The number of piperazine rings is 1. The molecule has 2 aromatic rings. The average molecular weight is 426 g/mol. The summed E-state index contributed by atoms with van der Waals surface area (Å²) < 4.78 is 10.7. The molecule has 2 amide bonds. The van der Waals surface area contributed by atoms with E-state index in [2.05, 4.69) is 10.2 Å². The maximum absolute atomic E-state index is 12.5. The molecule has 0 atom stereocenters. The molecular formula is C24H31N3O4. The van der Waals surface area contributed by atoms with Crippen LogP contribution in [0.15, 0.2) is 42.5 Å². The summed E-state index contributed by atoms with van der Waals surface area (Å²) in [4.78, 5) is 29.0. The van der Waals surface area contributed by atoms with Crippen molar-refractivity contribution in [3.63, 3.8) is 0 Å². The first-order chi connectivity index (χ1) is 15.0. The number of benzene rings is 2. The van der Waals surface area contributed by atoms with Crippen LogP contribution in [0.2, 0.25) is 0 Å². The minimum atomic E-state index is -0.135. The van der Waals surface area contributed by atoms with Crippen LogP contribution in [-0.2, 0) is 11.3 Å². The molecule has 1 heterocycles. The molecule has 166 valence electrons. The first-order valence-electron chi connectivity index (χ1n) is 10.6. The van der Waals surface area contributed by atoms with Crippen molar-refractivity contribution < 1.29 is 19.1 Å². The third-order valence-electron chi connectivity index (χ3n) is 5.56. The molecule has 0 unspecified atom stereocenters. The summed E-state index contributed by atoms with van der Waals surface area (Å²) in [5.74, 6) is 1.49. The Balaban J connectivity index is 1.43. The highest BCUT2D eigenvalue weighted by Gasteiger charge is 2.21. The van der Waals surface area contributed by atoms with Crippen LogP contribution in [0.3, 0.4) is 0 Å². The lowest BCUT2D eigenvalue weighted by atomic mass is 10.1. The number of aryl methyl sites for hydroxylation is 1. The zero-order valence-electron chi connectivity index (χ0n) is 18.5. The quantitative estimate of drug-likeness (QED) is 0.704. The Morgan fingerprint density at radius 1 is 0.968 bits per heavy atom. The Morgan fingerprint density at radius 3 is 2.23 bits per heavy atom. The van der Waals surface area contributed by atoms with Crippen molar-refractivity contribution in [2.75, 3.05) is 46.9 Å². The largest absolute Gasteiger partial charge is 0.497 e. The molecule has 7 heteroatoms. The van der Waals surface area contributed by atoms with E-state index in [1.165, 1.54) is 0 Å². The van der Waals surface area contributed by atoms with Crippen LogP contribution in [0.5, 0.6) is 11.5 Å². The number of carbonyl (C=O) groups is 2. The van der Waals surface area contributed by atoms with E-state index < -0.39 is 0 Å². The lowest BCUT2D eigenvalue weighted by molar-refractivity contribution is -0.132. The molecule has 0 saturated carbocycles. The molecule has 0 bridgehead atoms. The molecule has 1 aliphatic heterocycles. The average Bonchev–Trinajstić information content (AvgIpc) is 2.79. The Kier molecular flexibility index (Phi) is 7.89. The molecule has 1 N–H and O–H groups in total. The van der Waals surface area contributed by atoms with Gasteiger partial charge in [0.05, 0.1) is 14.2 Å². The number of carbonyl (C=O) groups excluding carboxylic acids is 2. The third kappa shape index (κ3) is 6.21. The maximum Gasteiger partial charge on any atom is 0.251 e. The van der Waals surface area contributed by atoms with Crippen LogP contribution >= 0.6 is 0 Å². The predicted molar refractivity (Wildman–Crippen MR) is 120 cm³/mol. The van der Waals surface area contributed by atoms with E-state index in [1.54, 1.807) is 20.3 Å². The number of amides is 2. The van der Waals surface area contributed by atoms with Gasteiger partial charge in [0.15, 0.2) is 0 Å². The van der Waals surface area contributed by atoms with E-state index >= 15 is 0 Å². The zero-order valence-corrected chi connectivity index (χ0v) is 18.5. The molecular weight excluding hydrogens is 394 g/mol. The van der Waals surface area contributed by atoms with E-state index in [-0.39, 0.29) is 11.8 Å². The number of nitrogens with one attached hydrogen (secondary N) is 1. The second-order valence-corrected chi connectivity index (χ2v) is 7.70. The van der Waals surface area contributed by atoms with Crippen LogP contribution < -0.4 is 14.8 Å². The van der Waals surface area contributed by atoms with Gasteiger partial charge in [-0.3, -0.25) is 14.5 Å². The monoisotopic (exact) mass is 425 g/mol. The molecule has 0 aliphatic carbocycles. The van der Waals surface area contributed by atoms with Crippen molar-refractivity contribution in [3.05, 3.63) is 59.2 Å². The van der Waals surface area contributed by atoms with Crippen LogP contribution in [0.1, 0.15) is 27.9 Å². The fraction of sp³-hybridized carbons (Fsp3) is 0.417. The standard InChI is InChI=1S/C24H31N3O4/c1-18-6-4-5-7-22(18)24(29)25-9-8-23(28)27-12-10-26(11-13-27)17-19-14-20(30-2)16-21(15-19)31-3/h4-7,14-16H,8-13,17H2,1-3H3,(H,25,29). The van der Waals surface area contributed by atoms with Crippen LogP contribution in [0, 0.1) is 6.92 Å². The Hall–Kier alpha value is -3.06. The minimum absolute atomic E-state index is 0.0767. The molecule has 1 aliphatic rings. The molecule has 2 aromatic carbocycles. The molecule has 3 rings (SSSR count).